The molecule has 0 aliphatic rings. The highest BCUT2D eigenvalue weighted by Crippen LogP contribution is 2.15. The molecule has 0 fully saturated rings. The molecule has 0 aliphatic heterocycles. The van der Waals surface area contributed by atoms with E-state index < -0.39 is 0 Å². The van der Waals surface area contributed by atoms with Crippen LogP contribution in [0.4, 0.5) is 0 Å². The molecule has 0 radical (unpaired) electrons. The largest absolute Gasteiger partial charge is 0.369 e. The summed E-state index contributed by atoms with van der Waals surface area (Å²) in [6.07, 6.45) is 0. The zero-order valence-corrected chi connectivity index (χ0v) is 11.7. The minimum Gasteiger partial charge on any atom is -0.369 e. The molecule has 4 nitrogen and oxygen atoms in total. The standard InChI is InChI=1S/C14H16N4.ClH/c1-10(17-18-14(15)16-2)12-8-7-11-5-3-4-6-13(11)9-12;/h3-9H,1-2H3,(H3,15,16,18);1H. The van der Waals surface area contributed by atoms with Crippen LogP contribution in [0.2, 0.25) is 0 Å². The first-order valence-electron chi connectivity index (χ1n) is 5.72. The number of aliphatic imine (C=N–C) groups is 1. The highest BCUT2D eigenvalue weighted by atomic mass is 35.5. The van der Waals surface area contributed by atoms with E-state index in [0.717, 1.165) is 11.3 Å². The van der Waals surface area contributed by atoms with Crippen LogP contribution in [0.5, 0.6) is 0 Å². The molecule has 0 heterocycles. The monoisotopic (exact) mass is 276 g/mol. The van der Waals surface area contributed by atoms with Crippen molar-refractivity contribution in [1.29, 1.82) is 0 Å². The van der Waals surface area contributed by atoms with Gasteiger partial charge < -0.3 is 5.73 Å². The molecule has 2 aromatic carbocycles. The number of halogens is 1. The number of rotatable bonds is 2. The van der Waals surface area contributed by atoms with Gasteiger partial charge in [0.1, 0.15) is 0 Å². The summed E-state index contributed by atoms with van der Waals surface area (Å²) in [5.74, 6) is 0.301. The third-order valence-electron chi connectivity index (χ3n) is 2.75. The van der Waals surface area contributed by atoms with Gasteiger partial charge in [0, 0.05) is 7.05 Å². The van der Waals surface area contributed by atoms with Crippen LogP contribution < -0.4 is 11.2 Å². The maximum absolute atomic E-state index is 5.52. The number of nitrogens with two attached hydrogens (primary N) is 1. The summed E-state index contributed by atoms with van der Waals surface area (Å²) in [6, 6.07) is 14.5. The van der Waals surface area contributed by atoms with Crippen molar-refractivity contribution in [2.75, 3.05) is 7.05 Å². The van der Waals surface area contributed by atoms with Gasteiger partial charge in [-0.2, -0.15) is 5.10 Å². The fraction of sp³-hybridized carbons (Fsp3) is 0.143. The predicted octanol–water partition coefficient (Wildman–Crippen LogP) is 2.52. The molecule has 0 saturated heterocycles. The quantitative estimate of drug-likeness (QED) is 0.503. The molecule has 100 valence electrons. The maximum atomic E-state index is 5.52. The van der Waals surface area contributed by atoms with Crippen LogP contribution in [-0.2, 0) is 0 Å². The molecule has 0 unspecified atom stereocenters. The van der Waals surface area contributed by atoms with Gasteiger partial charge >= 0.3 is 0 Å². The van der Waals surface area contributed by atoms with Crippen molar-refractivity contribution in [3.05, 3.63) is 48.0 Å². The van der Waals surface area contributed by atoms with Crippen molar-refractivity contribution in [1.82, 2.24) is 5.43 Å². The fourth-order valence-electron chi connectivity index (χ4n) is 1.67. The van der Waals surface area contributed by atoms with Gasteiger partial charge in [-0.3, -0.25) is 4.99 Å². The first-order valence-corrected chi connectivity index (χ1v) is 5.72. The van der Waals surface area contributed by atoms with Crippen molar-refractivity contribution < 1.29 is 0 Å². The average molecular weight is 277 g/mol. The van der Waals surface area contributed by atoms with Gasteiger partial charge in [0.15, 0.2) is 0 Å². The molecule has 0 bridgehead atoms. The molecule has 0 atom stereocenters. The Bertz CT molecular complexity index is 620. The molecule has 0 amide bonds. The first kappa shape index (κ1) is 15.0. The number of hydrogen-bond acceptors (Lipinski definition) is 2. The first-order chi connectivity index (χ1) is 8.70. The summed E-state index contributed by atoms with van der Waals surface area (Å²) in [5.41, 5.74) is 10.1. The number of nitrogens with one attached hydrogen (secondary N) is 1. The van der Waals surface area contributed by atoms with E-state index in [-0.39, 0.29) is 12.4 Å². The molecular weight excluding hydrogens is 260 g/mol. The van der Waals surface area contributed by atoms with E-state index in [4.69, 9.17) is 5.73 Å². The lowest BCUT2D eigenvalue weighted by molar-refractivity contribution is 0.997. The Balaban J connectivity index is 0.00000180. The van der Waals surface area contributed by atoms with E-state index in [0.29, 0.717) is 5.96 Å². The summed E-state index contributed by atoms with van der Waals surface area (Å²) in [7, 11) is 1.61. The lowest BCUT2D eigenvalue weighted by Gasteiger charge is -2.04. The Hall–Kier alpha value is -2.07. The van der Waals surface area contributed by atoms with Crippen LogP contribution in [-0.4, -0.2) is 18.7 Å². The minimum absolute atomic E-state index is 0. The van der Waals surface area contributed by atoms with Crippen LogP contribution >= 0.6 is 12.4 Å². The molecular formula is C14H17ClN4. The van der Waals surface area contributed by atoms with Crippen molar-refractivity contribution in [3.63, 3.8) is 0 Å². The third-order valence-corrected chi connectivity index (χ3v) is 2.75. The van der Waals surface area contributed by atoms with Crippen molar-refractivity contribution >= 4 is 34.9 Å². The average Bonchev–Trinajstić information content (AvgIpc) is 2.43. The van der Waals surface area contributed by atoms with Gasteiger partial charge in [-0.25, -0.2) is 5.43 Å². The fourth-order valence-corrected chi connectivity index (χ4v) is 1.67. The van der Waals surface area contributed by atoms with E-state index in [1.54, 1.807) is 7.05 Å². The minimum atomic E-state index is 0. The smallest absolute Gasteiger partial charge is 0.209 e. The molecule has 0 aliphatic carbocycles. The SMILES string of the molecule is CN=C(N)NN=C(C)c1ccc2ccccc2c1.Cl. The second kappa shape index (κ2) is 6.75. The second-order valence-corrected chi connectivity index (χ2v) is 3.98. The normalized spacial score (nSPS) is 12.1. The van der Waals surface area contributed by atoms with Gasteiger partial charge in [-0.1, -0.05) is 36.4 Å². The molecule has 0 saturated carbocycles. The van der Waals surface area contributed by atoms with E-state index in [9.17, 15) is 0 Å². The third kappa shape index (κ3) is 3.69. The number of benzene rings is 2. The summed E-state index contributed by atoms with van der Waals surface area (Å²) in [4.78, 5) is 3.78. The van der Waals surface area contributed by atoms with Crippen LogP contribution in [0, 0.1) is 0 Å². The molecule has 3 N–H and O–H groups in total. The summed E-state index contributed by atoms with van der Waals surface area (Å²) >= 11 is 0. The van der Waals surface area contributed by atoms with E-state index in [1.165, 1.54) is 10.8 Å². The van der Waals surface area contributed by atoms with Gasteiger partial charge in [0.25, 0.3) is 0 Å². The van der Waals surface area contributed by atoms with Crippen molar-refractivity contribution in [2.45, 2.75) is 6.92 Å². The van der Waals surface area contributed by atoms with Gasteiger partial charge in [-0.05, 0) is 29.3 Å². The summed E-state index contributed by atoms with van der Waals surface area (Å²) in [5, 5.41) is 6.60. The Morgan fingerprint density at radius 3 is 2.47 bits per heavy atom. The lowest BCUT2D eigenvalue weighted by Crippen LogP contribution is -2.27. The number of fused-ring (bicyclic) bond motifs is 1. The maximum Gasteiger partial charge on any atom is 0.209 e. The second-order valence-electron chi connectivity index (χ2n) is 3.98. The molecule has 2 aromatic rings. The molecule has 0 spiro atoms. The highest BCUT2D eigenvalue weighted by molar-refractivity contribution is 6.02. The number of hydrogen-bond donors (Lipinski definition) is 2. The number of hydrazone groups is 1. The van der Waals surface area contributed by atoms with Gasteiger partial charge in [0.05, 0.1) is 5.71 Å². The summed E-state index contributed by atoms with van der Waals surface area (Å²) in [6.45, 7) is 1.93. The van der Waals surface area contributed by atoms with E-state index >= 15 is 0 Å². The van der Waals surface area contributed by atoms with Crippen molar-refractivity contribution in [2.24, 2.45) is 15.8 Å². The lowest BCUT2D eigenvalue weighted by atomic mass is 10.0. The Labute approximate surface area is 118 Å². The Morgan fingerprint density at radius 1 is 1.11 bits per heavy atom. The van der Waals surface area contributed by atoms with E-state index in [2.05, 4.69) is 39.8 Å². The molecule has 2 rings (SSSR count). The van der Waals surface area contributed by atoms with E-state index in [1.807, 2.05) is 25.1 Å². The molecule has 0 aromatic heterocycles. The predicted molar refractivity (Wildman–Crippen MR) is 84.1 cm³/mol. The molecule has 5 heteroatoms. The Morgan fingerprint density at radius 2 is 1.79 bits per heavy atom. The van der Waals surface area contributed by atoms with Crippen LogP contribution in [0.25, 0.3) is 10.8 Å². The molecule has 19 heavy (non-hydrogen) atoms. The topological polar surface area (TPSA) is 62.8 Å². The van der Waals surface area contributed by atoms with Crippen LogP contribution in [0.15, 0.2) is 52.6 Å². The summed E-state index contributed by atoms with van der Waals surface area (Å²) < 4.78 is 0. The zero-order valence-electron chi connectivity index (χ0n) is 10.9. The van der Waals surface area contributed by atoms with Crippen molar-refractivity contribution in [3.8, 4) is 0 Å². The van der Waals surface area contributed by atoms with Gasteiger partial charge in [0.2, 0.25) is 5.96 Å². The number of nitrogens with zero attached hydrogens (tertiary/aromatic N) is 2. The van der Waals surface area contributed by atoms with Crippen LogP contribution in [0.3, 0.4) is 0 Å². The van der Waals surface area contributed by atoms with Crippen LogP contribution in [0.1, 0.15) is 12.5 Å². The highest BCUT2D eigenvalue weighted by Gasteiger charge is 1.99. The van der Waals surface area contributed by atoms with Gasteiger partial charge in [-0.15, -0.1) is 12.4 Å². The Kier molecular flexibility index (Phi) is 5.33. The number of guanidine groups is 1. The zero-order chi connectivity index (χ0) is 13.0.